The molecule has 8 heteroatoms. The molecule has 0 saturated carbocycles. The van der Waals surface area contributed by atoms with Crippen LogP contribution in [0.15, 0.2) is 51.7 Å². The highest BCUT2D eigenvalue weighted by Crippen LogP contribution is 2.46. The first-order valence-corrected chi connectivity index (χ1v) is 5.85. The molecular formula is C14H8F6O2. The van der Waals surface area contributed by atoms with Crippen LogP contribution in [0.5, 0.6) is 0 Å². The summed E-state index contributed by atoms with van der Waals surface area (Å²) in [7, 11) is 0. The molecule has 2 aromatic rings. The zero-order valence-corrected chi connectivity index (χ0v) is 10.6. The molecule has 0 unspecified atom stereocenters. The third-order valence-electron chi connectivity index (χ3n) is 2.74. The number of benzene rings is 1. The van der Waals surface area contributed by atoms with Gasteiger partial charge in [-0.25, -0.2) is 4.79 Å². The van der Waals surface area contributed by atoms with E-state index in [-0.39, 0.29) is 11.6 Å². The summed E-state index contributed by atoms with van der Waals surface area (Å²) in [5, 5.41) is 0. The normalized spacial score (nSPS) is 13.3. The van der Waals surface area contributed by atoms with Gasteiger partial charge in [0.25, 0.3) is 0 Å². The van der Waals surface area contributed by atoms with Crippen molar-refractivity contribution in [1.29, 1.82) is 0 Å². The molecular weight excluding hydrogens is 314 g/mol. The number of halogens is 6. The highest BCUT2D eigenvalue weighted by atomic mass is 19.4. The fraction of sp³-hybridized carbons (Fsp3) is 0.214. The average Bonchev–Trinajstić information content (AvgIpc) is 2.40. The maximum Gasteiger partial charge on any atom is 0.404 e. The average molecular weight is 323 g/mol. The molecule has 0 aliphatic heterocycles. The lowest BCUT2D eigenvalue weighted by Crippen LogP contribution is -2.34. The number of hydrogen-bond donors (Lipinski definition) is 0. The Labute approximate surface area is 121 Å². The van der Waals surface area contributed by atoms with Gasteiger partial charge in [-0.3, -0.25) is 0 Å². The molecule has 0 amide bonds. The van der Waals surface area contributed by atoms with Gasteiger partial charge in [0.05, 0.1) is 1.37 Å². The van der Waals surface area contributed by atoms with Crippen LogP contribution < -0.4 is 5.63 Å². The Bertz CT molecular complexity index is 735. The van der Waals surface area contributed by atoms with Crippen molar-refractivity contribution in [3.63, 3.8) is 0 Å². The van der Waals surface area contributed by atoms with Crippen molar-refractivity contribution in [2.45, 2.75) is 18.3 Å². The molecule has 0 saturated heterocycles. The van der Waals surface area contributed by atoms with Crippen LogP contribution in [0.3, 0.4) is 0 Å². The summed E-state index contributed by atoms with van der Waals surface area (Å²) in [5.74, 6) is -4.58. The van der Waals surface area contributed by atoms with Gasteiger partial charge in [0.15, 0.2) is 5.92 Å². The molecule has 1 aromatic carbocycles. The van der Waals surface area contributed by atoms with Crippen LogP contribution in [0.1, 0.15) is 12.9 Å². The Morgan fingerprint density at radius 1 is 1.00 bits per heavy atom. The van der Waals surface area contributed by atoms with Gasteiger partial charge in [0.1, 0.15) is 5.76 Å². The second-order valence-electron chi connectivity index (χ2n) is 4.36. The van der Waals surface area contributed by atoms with Crippen LogP contribution in [0.4, 0.5) is 26.3 Å². The van der Waals surface area contributed by atoms with Crippen LogP contribution in [0.25, 0.3) is 11.3 Å². The second-order valence-corrected chi connectivity index (χ2v) is 4.36. The van der Waals surface area contributed by atoms with E-state index in [9.17, 15) is 31.1 Å². The molecule has 0 fully saturated rings. The first-order chi connectivity index (χ1) is 10.5. The zero-order chi connectivity index (χ0) is 17.4. The van der Waals surface area contributed by atoms with Gasteiger partial charge in [0.2, 0.25) is 0 Å². The second kappa shape index (κ2) is 5.51. The van der Waals surface area contributed by atoms with Crippen molar-refractivity contribution >= 4 is 0 Å². The van der Waals surface area contributed by atoms with Crippen LogP contribution in [-0.4, -0.2) is 12.4 Å². The van der Waals surface area contributed by atoms with Gasteiger partial charge < -0.3 is 4.42 Å². The molecule has 2 rings (SSSR count). The largest absolute Gasteiger partial charge is 0.423 e. The van der Waals surface area contributed by atoms with E-state index in [1.54, 1.807) is 6.07 Å². The summed E-state index contributed by atoms with van der Waals surface area (Å²) < 4.78 is 89.1. The van der Waals surface area contributed by atoms with Gasteiger partial charge in [-0.15, -0.1) is 0 Å². The van der Waals surface area contributed by atoms with E-state index >= 15 is 0 Å². The molecule has 0 aliphatic rings. The fourth-order valence-corrected chi connectivity index (χ4v) is 1.86. The van der Waals surface area contributed by atoms with Crippen molar-refractivity contribution in [3.05, 3.63) is 58.4 Å². The van der Waals surface area contributed by atoms with E-state index < -0.39 is 41.3 Å². The molecule has 0 radical (unpaired) electrons. The van der Waals surface area contributed by atoms with Crippen LogP contribution >= 0.6 is 0 Å². The first kappa shape index (κ1) is 14.7. The Balaban J connectivity index is 2.73. The predicted molar refractivity (Wildman–Crippen MR) is 65.3 cm³/mol. The summed E-state index contributed by atoms with van der Waals surface area (Å²) in [4.78, 5) is 11.4. The summed E-state index contributed by atoms with van der Waals surface area (Å²) in [6.07, 6.45) is -11.4. The van der Waals surface area contributed by atoms with E-state index in [2.05, 4.69) is 4.42 Å². The smallest absolute Gasteiger partial charge is 0.404 e. The van der Waals surface area contributed by atoms with Crippen molar-refractivity contribution < 1.29 is 32.1 Å². The first-order valence-electron chi connectivity index (χ1n) is 6.35. The highest BCUT2D eigenvalue weighted by molar-refractivity contribution is 5.57. The fourth-order valence-electron chi connectivity index (χ4n) is 1.86. The summed E-state index contributed by atoms with van der Waals surface area (Å²) >= 11 is 0. The van der Waals surface area contributed by atoms with Crippen LogP contribution in [-0.2, 0) is 0 Å². The molecule has 0 bridgehead atoms. The molecule has 2 nitrogen and oxygen atoms in total. The topological polar surface area (TPSA) is 30.2 Å². The van der Waals surface area contributed by atoms with Crippen molar-refractivity contribution in [2.24, 2.45) is 0 Å². The molecule has 1 heterocycles. The van der Waals surface area contributed by atoms with Gasteiger partial charge in [-0.2, -0.15) is 26.3 Å². The molecule has 118 valence electrons. The Kier molecular flexibility index (Phi) is 3.67. The van der Waals surface area contributed by atoms with Gasteiger partial charge in [-0.1, -0.05) is 30.3 Å². The Hall–Kier alpha value is -2.25. The standard InChI is InChI=1S/C14H8F6O2/c15-13(16,17)12(14(18,19)20)9-6-10(22-11(21)7-9)8-4-2-1-3-5-8/h1-7,12H/i6D. The van der Waals surface area contributed by atoms with E-state index in [0.29, 0.717) is 0 Å². The van der Waals surface area contributed by atoms with Gasteiger partial charge in [0, 0.05) is 11.6 Å². The molecule has 22 heavy (non-hydrogen) atoms. The number of alkyl halides is 6. The lowest BCUT2D eigenvalue weighted by Gasteiger charge is -2.23. The van der Waals surface area contributed by atoms with Crippen LogP contribution in [0.2, 0.25) is 0 Å². The minimum absolute atomic E-state index is 0.0274. The molecule has 0 atom stereocenters. The molecule has 0 N–H and O–H groups in total. The molecule has 0 aliphatic carbocycles. The maximum atomic E-state index is 12.8. The maximum absolute atomic E-state index is 12.8. The van der Waals surface area contributed by atoms with E-state index in [0.717, 1.165) is 0 Å². The third-order valence-corrected chi connectivity index (χ3v) is 2.74. The Morgan fingerprint density at radius 3 is 2.05 bits per heavy atom. The summed E-state index contributed by atoms with van der Waals surface area (Å²) in [6.45, 7) is 0. The highest BCUT2D eigenvalue weighted by Gasteiger charge is 2.57. The van der Waals surface area contributed by atoms with Gasteiger partial charge in [-0.05, 0) is 11.6 Å². The van der Waals surface area contributed by atoms with E-state index in [4.69, 9.17) is 1.37 Å². The lowest BCUT2D eigenvalue weighted by molar-refractivity contribution is -0.253. The number of hydrogen-bond acceptors (Lipinski definition) is 2. The van der Waals surface area contributed by atoms with Crippen LogP contribution in [0, 0.1) is 0 Å². The monoisotopic (exact) mass is 323 g/mol. The van der Waals surface area contributed by atoms with Crippen molar-refractivity contribution in [3.8, 4) is 11.3 Å². The molecule has 0 spiro atoms. The molecule has 1 aromatic heterocycles. The van der Waals surface area contributed by atoms with E-state index in [1.165, 1.54) is 24.3 Å². The lowest BCUT2D eigenvalue weighted by atomic mass is 9.97. The minimum atomic E-state index is -5.70. The number of rotatable bonds is 2. The third kappa shape index (κ3) is 3.49. The van der Waals surface area contributed by atoms with E-state index in [1.807, 2.05) is 0 Å². The summed E-state index contributed by atoms with van der Waals surface area (Å²) in [5.41, 5.74) is -2.85. The Morgan fingerprint density at radius 2 is 1.55 bits per heavy atom. The van der Waals surface area contributed by atoms with Crippen molar-refractivity contribution in [1.82, 2.24) is 0 Å². The zero-order valence-electron chi connectivity index (χ0n) is 11.6. The SMILES string of the molecule is [2H]c1c(C(C(F)(F)F)C(F)(F)F)cc(=O)oc1-c1ccccc1. The quantitative estimate of drug-likeness (QED) is 0.761. The summed E-state index contributed by atoms with van der Waals surface area (Å²) in [6, 6.07) is 5.95. The minimum Gasteiger partial charge on any atom is -0.423 e. The van der Waals surface area contributed by atoms with Gasteiger partial charge >= 0.3 is 18.0 Å². The predicted octanol–water partition coefficient (Wildman–Crippen LogP) is 4.52. The van der Waals surface area contributed by atoms with Crippen molar-refractivity contribution in [2.75, 3.05) is 0 Å².